The molecule has 1 aromatic rings. The molecular formula is C10H16Cl2N4. The van der Waals surface area contributed by atoms with Gasteiger partial charge in [-0.2, -0.15) is 0 Å². The van der Waals surface area contributed by atoms with Gasteiger partial charge >= 0.3 is 0 Å². The van der Waals surface area contributed by atoms with Gasteiger partial charge in [-0.05, 0) is 19.9 Å². The quantitative estimate of drug-likeness (QED) is 0.782. The van der Waals surface area contributed by atoms with Crippen molar-refractivity contribution in [2.45, 2.75) is 13.3 Å². The SMILES string of the molecule is Cc1cnc(N2CCCNCC2)nc1Cl.Cl. The Morgan fingerprint density at radius 1 is 1.38 bits per heavy atom. The summed E-state index contributed by atoms with van der Waals surface area (Å²) in [5.41, 5.74) is 0.924. The molecule has 0 spiro atoms. The number of hydrogen-bond acceptors (Lipinski definition) is 4. The molecule has 0 aromatic carbocycles. The molecule has 4 nitrogen and oxygen atoms in total. The molecule has 6 heteroatoms. The average Bonchev–Trinajstić information content (AvgIpc) is 2.50. The van der Waals surface area contributed by atoms with E-state index in [1.807, 2.05) is 6.92 Å². The van der Waals surface area contributed by atoms with Crippen LogP contribution < -0.4 is 10.2 Å². The molecule has 1 aromatic heterocycles. The highest BCUT2D eigenvalue weighted by Gasteiger charge is 2.12. The first-order chi connectivity index (χ1) is 7.27. The Hall–Kier alpha value is -0.580. The summed E-state index contributed by atoms with van der Waals surface area (Å²) < 4.78 is 0. The van der Waals surface area contributed by atoms with E-state index in [0.717, 1.165) is 44.1 Å². The van der Waals surface area contributed by atoms with Crippen molar-refractivity contribution < 1.29 is 0 Å². The van der Waals surface area contributed by atoms with Gasteiger partial charge in [-0.25, -0.2) is 9.97 Å². The first-order valence-corrected chi connectivity index (χ1v) is 5.60. The highest BCUT2D eigenvalue weighted by atomic mass is 35.5. The third-order valence-electron chi connectivity index (χ3n) is 2.52. The molecule has 1 N–H and O–H groups in total. The molecule has 16 heavy (non-hydrogen) atoms. The van der Waals surface area contributed by atoms with Crippen LogP contribution in [0, 0.1) is 6.92 Å². The van der Waals surface area contributed by atoms with Crippen LogP contribution in [0.5, 0.6) is 0 Å². The third kappa shape index (κ3) is 3.20. The summed E-state index contributed by atoms with van der Waals surface area (Å²) in [4.78, 5) is 10.8. The number of nitrogens with one attached hydrogen (secondary N) is 1. The summed E-state index contributed by atoms with van der Waals surface area (Å²) in [7, 11) is 0. The zero-order valence-electron chi connectivity index (χ0n) is 9.24. The zero-order valence-corrected chi connectivity index (χ0v) is 10.8. The Kier molecular flexibility index (Phi) is 5.25. The molecule has 0 saturated carbocycles. The van der Waals surface area contributed by atoms with Gasteiger partial charge in [0.2, 0.25) is 5.95 Å². The van der Waals surface area contributed by atoms with Crippen LogP contribution in [-0.2, 0) is 0 Å². The first-order valence-electron chi connectivity index (χ1n) is 5.22. The molecule has 1 aliphatic heterocycles. The van der Waals surface area contributed by atoms with Crippen molar-refractivity contribution in [1.82, 2.24) is 15.3 Å². The van der Waals surface area contributed by atoms with Crippen LogP contribution in [0.3, 0.4) is 0 Å². The lowest BCUT2D eigenvalue weighted by Gasteiger charge is -2.19. The second-order valence-corrected chi connectivity index (χ2v) is 4.09. The monoisotopic (exact) mass is 262 g/mol. The average molecular weight is 263 g/mol. The zero-order chi connectivity index (χ0) is 10.7. The second kappa shape index (κ2) is 6.23. The number of anilines is 1. The van der Waals surface area contributed by atoms with Crippen LogP contribution >= 0.6 is 24.0 Å². The van der Waals surface area contributed by atoms with Gasteiger partial charge in [0.1, 0.15) is 5.15 Å². The minimum Gasteiger partial charge on any atom is -0.339 e. The number of halogens is 2. The normalized spacial score (nSPS) is 16.5. The van der Waals surface area contributed by atoms with E-state index in [2.05, 4.69) is 20.2 Å². The standard InChI is InChI=1S/C10H15ClN4.ClH/c1-8-7-13-10(14-9(8)11)15-5-2-3-12-4-6-15;/h7,12H,2-6H2,1H3;1H. The molecule has 0 amide bonds. The van der Waals surface area contributed by atoms with E-state index in [1.165, 1.54) is 0 Å². The molecule has 0 bridgehead atoms. The fraction of sp³-hybridized carbons (Fsp3) is 0.600. The summed E-state index contributed by atoms with van der Waals surface area (Å²) in [6.45, 7) is 5.90. The molecular weight excluding hydrogens is 247 g/mol. The summed E-state index contributed by atoms with van der Waals surface area (Å²) in [5, 5.41) is 3.90. The first kappa shape index (κ1) is 13.5. The van der Waals surface area contributed by atoms with Crippen LogP contribution in [0.25, 0.3) is 0 Å². The Labute approximate surface area is 107 Å². The lowest BCUT2D eigenvalue weighted by Crippen LogP contribution is -2.29. The van der Waals surface area contributed by atoms with E-state index in [4.69, 9.17) is 11.6 Å². The number of aryl methyl sites for hydroxylation is 1. The number of rotatable bonds is 1. The molecule has 2 heterocycles. The Bertz CT molecular complexity index is 338. The topological polar surface area (TPSA) is 41.1 Å². The maximum Gasteiger partial charge on any atom is 0.226 e. The molecule has 0 unspecified atom stereocenters. The summed E-state index contributed by atoms with van der Waals surface area (Å²) >= 11 is 5.98. The van der Waals surface area contributed by atoms with Crippen molar-refractivity contribution in [1.29, 1.82) is 0 Å². The molecule has 0 aliphatic carbocycles. The number of hydrogen-bond donors (Lipinski definition) is 1. The molecule has 90 valence electrons. The van der Waals surface area contributed by atoms with Crippen LogP contribution in [0.2, 0.25) is 5.15 Å². The van der Waals surface area contributed by atoms with Gasteiger partial charge < -0.3 is 10.2 Å². The van der Waals surface area contributed by atoms with E-state index in [0.29, 0.717) is 5.15 Å². The van der Waals surface area contributed by atoms with Crippen molar-refractivity contribution in [2.75, 3.05) is 31.1 Å². The maximum absolute atomic E-state index is 5.98. The Morgan fingerprint density at radius 3 is 2.94 bits per heavy atom. The van der Waals surface area contributed by atoms with Crippen molar-refractivity contribution in [2.24, 2.45) is 0 Å². The molecule has 1 aliphatic rings. The van der Waals surface area contributed by atoms with E-state index < -0.39 is 0 Å². The maximum atomic E-state index is 5.98. The highest BCUT2D eigenvalue weighted by molar-refractivity contribution is 6.30. The second-order valence-electron chi connectivity index (χ2n) is 3.73. The van der Waals surface area contributed by atoms with Gasteiger partial charge in [-0.1, -0.05) is 11.6 Å². The van der Waals surface area contributed by atoms with Gasteiger partial charge in [0.05, 0.1) is 0 Å². The fourth-order valence-electron chi connectivity index (χ4n) is 1.61. The fourth-order valence-corrected chi connectivity index (χ4v) is 1.74. The molecule has 0 atom stereocenters. The predicted octanol–water partition coefficient (Wildman–Crippen LogP) is 1.66. The highest BCUT2D eigenvalue weighted by Crippen LogP contribution is 2.15. The summed E-state index contributed by atoms with van der Waals surface area (Å²) in [6.07, 6.45) is 2.90. The molecule has 1 fully saturated rings. The van der Waals surface area contributed by atoms with Gasteiger partial charge in [0.15, 0.2) is 0 Å². The van der Waals surface area contributed by atoms with Gasteiger partial charge in [0, 0.05) is 31.4 Å². The lowest BCUT2D eigenvalue weighted by molar-refractivity contribution is 0.724. The van der Waals surface area contributed by atoms with Crippen molar-refractivity contribution in [3.05, 3.63) is 16.9 Å². The van der Waals surface area contributed by atoms with E-state index in [9.17, 15) is 0 Å². The Balaban J connectivity index is 0.00000128. The molecule has 1 saturated heterocycles. The molecule has 2 rings (SSSR count). The largest absolute Gasteiger partial charge is 0.339 e. The van der Waals surface area contributed by atoms with Crippen molar-refractivity contribution in [3.63, 3.8) is 0 Å². The van der Waals surface area contributed by atoms with Crippen LogP contribution in [-0.4, -0.2) is 36.1 Å². The van der Waals surface area contributed by atoms with Crippen LogP contribution in [0.1, 0.15) is 12.0 Å². The van der Waals surface area contributed by atoms with E-state index in [1.54, 1.807) is 6.20 Å². The number of nitrogens with zero attached hydrogens (tertiary/aromatic N) is 3. The predicted molar refractivity (Wildman–Crippen MR) is 68.7 cm³/mol. The van der Waals surface area contributed by atoms with E-state index in [-0.39, 0.29) is 12.4 Å². The van der Waals surface area contributed by atoms with Crippen molar-refractivity contribution >= 4 is 30.0 Å². The van der Waals surface area contributed by atoms with Gasteiger partial charge in [0.25, 0.3) is 0 Å². The summed E-state index contributed by atoms with van der Waals surface area (Å²) in [5.74, 6) is 0.745. The molecule has 0 radical (unpaired) electrons. The van der Waals surface area contributed by atoms with E-state index >= 15 is 0 Å². The minimum absolute atomic E-state index is 0. The van der Waals surface area contributed by atoms with Gasteiger partial charge in [-0.3, -0.25) is 0 Å². The Morgan fingerprint density at radius 2 is 2.19 bits per heavy atom. The van der Waals surface area contributed by atoms with Crippen LogP contribution in [0.15, 0.2) is 6.20 Å². The smallest absolute Gasteiger partial charge is 0.226 e. The number of aromatic nitrogens is 2. The van der Waals surface area contributed by atoms with Gasteiger partial charge in [-0.15, -0.1) is 12.4 Å². The third-order valence-corrected chi connectivity index (χ3v) is 2.90. The lowest BCUT2D eigenvalue weighted by atomic mass is 10.4. The van der Waals surface area contributed by atoms with Crippen LogP contribution in [0.4, 0.5) is 5.95 Å². The summed E-state index contributed by atoms with van der Waals surface area (Å²) in [6, 6.07) is 0. The van der Waals surface area contributed by atoms with Crippen molar-refractivity contribution in [3.8, 4) is 0 Å². The minimum atomic E-state index is 0.